The number of hydrogen-bond donors (Lipinski definition) is 1. The molecule has 2 aromatic rings. The van der Waals surface area contributed by atoms with E-state index in [0.29, 0.717) is 22.8 Å². The van der Waals surface area contributed by atoms with Crippen LogP contribution in [0.25, 0.3) is 0 Å². The first-order valence-electron chi connectivity index (χ1n) is 7.85. The van der Waals surface area contributed by atoms with Crippen LogP contribution in [-0.4, -0.2) is 40.6 Å². The molecule has 7 heteroatoms. The van der Waals surface area contributed by atoms with Crippen LogP contribution in [0, 0.1) is 0 Å². The third kappa shape index (κ3) is 4.52. The average molecular weight is 358 g/mol. The van der Waals surface area contributed by atoms with Crippen molar-refractivity contribution in [2.75, 3.05) is 28.4 Å². The molecule has 0 unspecified atom stereocenters. The van der Waals surface area contributed by atoms with Gasteiger partial charge in [-0.15, -0.1) is 0 Å². The quantitative estimate of drug-likeness (QED) is 0.580. The first-order chi connectivity index (χ1) is 12.6. The molecule has 26 heavy (non-hydrogen) atoms. The molecule has 0 saturated carbocycles. The molecule has 0 spiro atoms. The third-order valence-corrected chi connectivity index (χ3v) is 3.65. The summed E-state index contributed by atoms with van der Waals surface area (Å²) in [5.41, 5.74) is 3.90. The van der Waals surface area contributed by atoms with E-state index >= 15 is 0 Å². The van der Waals surface area contributed by atoms with E-state index in [1.807, 2.05) is 30.3 Å². The van der Waals surface area contributed by atoms with Crippen molar-refractivity contribution in [3.05, 3.63) is 53.6 Å². The van der Waals surface area contributed by atoms with Crippen LogP contribution in [0.15, 0.2) is 47.6 Å². The Morgan fingerprint density at radius 2 is 1.62 bits per heavy atom. The van der Waals surface area contributed by atoms with Crippen molar-refractivity contribution in [2.24, 2.45) is 5.10 Å². The molecule has 2 rings (SSSR count). The molecule has 0 aliphatic rings. The number of nitrogens with one attached hydrogen (secondary N) is 1. The number of hydrogen-bond acceptors (Lipinski definition) is 6. The van der Waals surface area contributed by atoms with Gasteiger partial charge >= 0.3 is 0 Å². The molecule has 0 bridgehead atoms. The maximum atomic E-state index is 12.3. The molecule has 7 nitrogen and oxygen atoms in total. The molecule has 2 aromatic carbocycles. The Hall–Kier alpha value is -3.06. The van der Waals surface area contributed by atoms with Gasteiger partial charge in [-0.3, -0.25) is 4.79 Å². The third-order valence-electron chi connectivity index (χ3n) is 3.65. The highest BCUT2D eigenvalue weighted by molar-refractivity contribution is 5.86. The SMILES string of the molecule is COc1cc(/C=N\NC(=O)[C@H](OC)c2ccccc2)cc(OC)c1OC. The summed E-state index contributed by atoms with van der Waals surface area (Å²) in [6, 6.07) is 12.6. The van der Waals surface area contributed by atoms with Crippen LogP contribution in [0.1, 0.15) is 17.2 Å². The van der Waals surface area contributed by atoms with E-state index < -0.39 is 6.10 Å². The van der Waals surface area contributed by atoms with Gasteiger partial charge in [0.2, 0.25) is 5.75 Å². The molecule has 0 aliphatic heterocycles. The first-order valence-corrected chi connectivity index (χ1v) is 7.85. The molecule has 0 aromatic heterocycles. The van der Waals surface area contributed by atoms with E-state index in [4.69, 9.17) is 18.9 Å². The van der Waals surface area contributed by atoms with Gasteiger partial charge in [-0.25, -0.2) is 5.43 Å². The first kappa shape index (κ1) is 19.3. The number of benzene rings is 2. The number of carbonyl (C=O) groups excluding carboxylic acids is 1. The summed E-state index contributed by atoms with van der Waals surface area (Å²) in [5.74, 6) is 1.11. The molecular weight excluding hydrogens is 336 g/mol. The monoisotopic (exact) mass is 358 g/mol. The zero-order chi connectivity index (χ0) is 18.9. The minimum atomic E-state index is -0.742. The normalized spacial score (nSPS) is 11.8. The lowest BCUT2D eigenvalue weighted by atomic mass is 10.1. The van der Waals surface area contributed by atoms with Gasteiger partial charge < -0.3 is 18.9 Å². The van der Waals surface area contributed by atoms with Crippen LogP contribution < -0.4 is 19.6 Å². The van der Waals surface area contributed by atoms with Crippen molar-refractivity contribution in [3.8, 4) is 17.2 Å². The van der Waals surface area contributed by atoms with Gasteiger partial charge in [0.15, 0.2) is 17.6 Å². The highest BCUT2D eigenvalue weighted by Gasteiger charge is 2.19. The van der Waals surface area contributed by atoms with Crippen LogP contribution in [0.5, 0.6) is 17.2 Å². The van der Waals surface area contributed by atoms with Gasteiger partial charge in [0.05, 0.1) is 27.5 Å². The van der Waals surface area contributed by atoms with Crippen LogP contribution in [0.2, 0.25) is 0 Å². The standard InChI is InChI=1S/C19H22N2O5/c1-23-15-10-13(11-16(24-2)18(15)26-4)12-20-21-19(22)17(25-3)14-8-6-5-7-9-14/h5-12,17H,1-4H3,(H,21,22)/b20-12-/t17-/m1/s1. The molecule has 1 amide bonds. The van der Waals surface area contributed by atoms with Crippen molar-refractivity contribution in [2.45, 2.75) is 6.10 Å². The topological polar surface area (TPSA) is 78.4 Å². The fourth-order valence-electron chi connectivity index (χ4n) is 2.43. The summed E-state index contributed by atoms with van der Waals surface area (Å²) in [5, 5.41) is 3.99. The summed E-state index contributed by atoms with van der Waals surface area (Å²) in [4.78, 5) is 12.3. The van der Waals surface area contributed by atoms with Crippen LogP contribution in [-0.2, 0) is 9.53 Å². The highest BCUT2D eigenvalue weighted by atomic mass is 16.5. The van der Waals surface area contributed by atoms with E-state index in [-0.39, 0.29) is 5.91 Å². The smallest absolute Gasteiger partial charge is 0.273 e. The van der Waals surface area contributed by atoms with Crippen molar-refractivity contribution >= 4 is 12.1 Å². The second-order valence-corrected chi connectivity index (χ2v) is 5.22. The lowest BCUT2D eigenvalue weighted by molar-refractivity contribution is -0.131. The fourth-order valence-corrected chi connectivity index (χ4v) is 2.43. The molecule has 0 fully saturated rings. The van der Waals surface area contributed by atoms with Crippen molar-refractivity contribution in [1.29, 1.82) is 0 Å². The second-order valence-electron chi connectivity index (χ2n) is 5.22. The number of methoxy groups -OCH3 is 4. The minimum Gasteiger partial charge on any atom is -0.493 e. The predicted octanol–water partition coefficient (Wildman–Crippen LogP) is 2.55. The number of ether oxygens (including phenoxy) is 4. The molecule has 0 radical (unpaired) electrons. The van der Waals surface area contributed by atoms with Gasteiger partial charge in [0, 0.05) is 12.7 Å². The summed E-state index contributed by atoms with van der Waals surface area (Å²) >= 11 is 0. The average Bonchev–Trinajstić information content (AvgIpc) is 2.68. The Labute approximate surface area is 152 Å². The molecule has 1 atom stereocenters. The number of amides is 1. The van der Waals surface area contributed by atoms with Gasteiger partial charge in [0.25, 0.3) is 5.91 Å². The zero-order valence-electron chi connectivity index (χ0n) is 15.2. The molecule has 0 aliphatic carbocycles. The molecule has 138 valence electrons. The van der Waals surface area contributed by atoms with Crippen molar-refractivity contribution < 1.29 is 23.7 Å². The predicted molar refractivity (Wildman–Crippen MR) is 98.0 cm³/mol. The summed E-state index contributed by atoms with van der Waals surface area (Å²) in [6.07, 6.45) is 0.744. The van der Waals surface area contributed by atoms with Crippen molar-refractivity contribution in [1.82, 2.24) is 5.43 Å². The highest BCUT2D eigenvalue weighted by Crippen LogP contribution is 2.37. The second kappa shape index (κ2) is 9.43. The fraction of sp³-hybridized carbons (Fsp3) is 0.263. The zero-order valence-corrected chi connectivity index (χ0v) is 15.2. The largest absolute Gasteiger partial charge is 0.493 e. The number of carbonyl (C=O) groups is 1. The lowest BCUT2D eigenvalue weighted by Crippen LogP contribution is -2.26. The van der Waals surface area contributed by atoms with E-state index in [9.17, 15) is 4.79 Å². The van der Waals surface area contributed by atoms with Gasteiger partial charge in [0.1, 0.15) is 0 Å². The van der Waals surface area contributed by atoms with E-state index in [0.717, 1.165) is 5.56 Å². The minimum absolute atomic E-state index is 0.373. The lowest BCUT2D eigenvalue weighted by Gasteiger charge is -2.14. The molecule has 0 heterocycles. The summed E-state index contributed by atoms with van der Waals surface area (Å²) < 4.78 is 21.1. The number of nitrogens with zero attached hydrogens (tertiary/aromatic N) is 1. The van der Waals surface area contributed by atoms with E-state index in [1.165, 1.54) is 34.7 Å². The van der Waals surface area contributed by atoms with Gasteiger partial charge in [-0.2, -0.15) is 5.10 Å². The van der Waals surface area contributed by atoms with Gasteiger partial charge in [-0.1, -0.05) is 30.3 Å². The Morgan fingerprint density at radius 3 is 2.12 bits per heavy atom. The Kier molecular flexibility index (Phi) is 6.99. The number of hydrazone groups is 1. The maximum absolute atomic E-state index is 12.3. The van der Waals surface area contributed by atoms with E-state index in [2.05, 4.69) is 10.5 Å². The molecule has 1 N–H and O–H groups in total. The molecular formula is C19H22N2O5. The molecule has 0 saturated heterocycles. The van der Waals surface area contributed by atoms with Gasteiger partial charge in [-0.05, 0) is 17.7 Å². The Bertz CT molecular complexity index is 737. The van der Waals surface area contributed by atoms with E-state index in [1.54, 1.807) is 12.1 Å². The van der Waals surface area contributed by atoms with Crippen LogP contribution in [0.4, 0.5) is 0 Å². The van der Waals surface area contributed by atoms with Crippen LogP contribution >= 0.6 is 0 Å². The Balaban J connectivity index is 2.13. The summed E-state index contributed by atoms with van der Waals surface area (Å²) in [6.45, 7) is 0. The van der Waals surface area contributed by atoms with Crippen LogP contribution in [0.3, 0.4) is 0 Å². The summed E-state index contributed by atoms with van der Waals surface area (Å²) in [7, 11) is 6.06. The number of rotatable bonds is 8. The Morgan fingerprint density at radius 1 is 1.00 bits per heavy atom. The maximum Gasteiger partial charge on any atom is 0.273 e. The van der Waals surface area contributed by atoms with Crippen molar-refractivity contribution in [3.63, 3.8) is 0 Å².